The second kappa shape index (κ2) is 9.18. The van der Waals surface area contributed by atoms with Gasteiger partial charge in [-0.1, -0.05) is 26.0 Å². The van der Waals surface area contributed by atoms with Crippen LogP contribution in [0.4, 0.5) is 11.4 Å². The average Bonchev–Trinajstić information content (AvgIpc) is 2.59. The van der Waals surface area contributed by atoms with E-state index in [1.807, 2.05) is 30.3 Å². The highest BCUT2D eigenvalue weighted by Crippen LogP contribution is 2.18. The van der Waals surface area contributed by atoms with Crippen molar-refractivity contribution >= 4 is 17.3 Å². The minimum Gasteiger partial charge on any atom is -0.385 e. The van der Waals surface area contributed by atoms with E-state index in [4.69, 9.17) is 0 Å². The van der Waals surface area contributed by atoms with E-state index in [1.165, 1.54) is 5.56 Å². The Morgan fingerprint density at radius 1 is 1.12 bits per heavy atom. The normalized spacial score (nSPS) is 11.0. The Balaban J connectivity index is 1.93. The zero-order chi connectivity index (χ0) is 18.2. The Morgan fingerprint density at radius 2 is 1.84 bits per heavy atom. The van der Waals surface area contributed by atoms with E-state index in [9.17, 15) is 4.79 Å². The molecule has 0 radical (unpaired) electrons. The lowest BCUT2D eigenvalue weighted by atomic mass is 10.0. The van der Waals surface area contributed by atoms with Crippen molar-refractivity contribution in [2.24, 2.45) is 0 Å². The molecule has 134 valence electrons. The van der Waals surface area contributed by atoms with Gasteiger partial charge in [0.1, 0.15) is 5.69 Å². The molecule has 0 spiro atoms. The number of rotatable bonds is 8. The molecule has 0 saturated heterocycles. The number of anilines is 2. The van der Waals surface area contributed by atoms with Crippen molar-refractivity contribution in [1.82, 2.24) is 9.88 Å². The molecule has 1 aromatic carbocycles. The first-order valence-electron chi connectivity index (χ1n) is 8.71. The van der Waals surface area contributed by atoms with Crippen LogP contribution in [0, 0.1) is 0 Å². The molecule has 5 heteroatoms. The van der Waals surface area contributed by atoms with E-state index in [0.29, 0.717) is 11.6 Å². The highest BCUT2D eigenvalue weighted by atomic mass is 16.1. The predicted molar refractivity (Wildman–Crippen MR) is 104 cm³/mol. The number of nitrogens with one attached hydrogen (secondary N) is 2. The molecule has 2 rings (SSSR count). The standard InChI is InChI=1S/C20H28N4O/c1-15(2)16-6-8-17(9-7-16)23-20(25)19-14-18(10-12-22-19)21-11-5-13-24(3)4/h6-10,12,14-15H,5,11,13H2,1-4H3,(H,21,22)(H,23,25). The molecule has 0 aliphatic rings. The summed E-state index contributed by atoms with van der Waals surface area (Å²) in [5.74, 6) is 0.274. The highest BCUT2D eigenvalue weighted by molar-refractivity contribution is 6.03. The van der Waals surface area contributed by atoms with Crippen molar-refractivity contribution in [3.63, 3.8) is 0 Å². The Morgan fingerprint density at radius 3 is 2.48 bits per heavy atom. The van der Waals surface area contributed by atoms with Crippen molar-refractivity contribution < 1.29 is 4.79 Å². The van der Waals surface area contributed by atoms with E-state index >= 15 is 0 Å². The summed E-state index contributed by atoms with van der Waals surface area (Å²) in [7, 11) is 4.12. The monoisotopic (exact) mass is 340 g/mol. The number of aromatic nitrogens is 1. The third-order valence-corrected chi connectivity index (χ3v) is 3.94. The molecule has 2 aromatic rings. The molecule has 1 heterocycles. The molecule has 0 aliphatic heterocycles. The molecule has 0 aliphatic carbocycles. The summed E-state index contributed by atoms with van der Waals surface area (Å²) in [6.07, 6.45) is 2.70. The molecular formula is C20H28N4O. The molecule has 2 N–H and O–H groups in total. The summed E-state index contributed by atoms with van der Waals surface area (Å²) in [5.41, 5.74) is 3.35. The summed E-state index contributed by atoms with van der Waals surface area (Å²) < 4.78 is 0. The molecule has 0 fully saturated rings. The summed E-state index contributed by atoms with van der Waals surface area (Å²) in [4.78, 5) is 18.7. The third-order valence-electron chi connectivity index (χ3n) is 3.94. The van der Waals surface area contributed by atoms with E-state index < -0.39 is 0 Å². The van der Waals surface area contributed by atoms with E-state index in [0.717, 1.165) is 30.9 Å². The number of hydrogen-bond donors (Lipinski definition) is 2. The Bertz CT molecular complexity index is 680. The number of nitrogens with zero attached hydrogens (tertiary/aromatic N) is 2. The largest absolute Gasteiger partial charge is 0.385 e. The van der Waals surface area contributed by atoms with Crippen LogP contribution in [-0.4, -0.2) is 43.0 Å². The molecule has 1 amide bonds. The lowest BCUT2D eigenvalue weighted by molar-refractivity contribution is 0.102. The quantitative estimate of drug-likeness (QED) is 0.717. The minimum absolute atomic E-state index is 0.200. The molecular weight excluding hydrogens is 312 g/mol. The van der Waals surface area contributed by atoms with Gasteiger partial charge in [0.05, 0.1) is 0 Å². The molecule has 25 heavy (non-hydrogen) atoms. The van der Waals surface area contributed by atoms with Crippen molar-refractivity contribution in [3.05, 3.63) is 53.9 Å². The van der Waals surface area contributed by atoms with Gasteiger partial charge in [-0.3, -0.25) is 9.78 Å². The summed E-state index contributed by atoms with van der Waals surface area (Å²) in [5, 5.41) is 6.23. The first-order chi connectivity index (χ1) is 12.0. The minimum atomic E-state index is -0.200. The van der Waals surface area contributed by atoms with Crippen LogP contribution in [0.15, 0.2) is 42.6 Å². The molecule has 0 atom stereocenters. The van der Waals surface area contributed by atoms with Crippen LogP contribution in [0.5, 0.6) is 0 Å². The number of carbonyl (C=O) groups is 1. The smallest absolute Gasteiger partial charge is 0.274 e. The maximum atomic E-state index is 12.4. The number of carbonyl (C=O) groups excluding carboxylic acids is 1. The van der Waals surface area contributed by atoms with Gasteiger partial charge in [0.25, 0.3) is 5.91 Å². The van der Waals surface area contributed by atoms with Crippen LogP contribution in [-0.2, 0) is 0 Å². The van der Waals surface area contributed by atoms with E-state index in [1.54, 1.807) is 12.3 Å². The van der Waals surface area contributed by atoms with Crippen molar-refractivity contribution in [3.8, 4) is 0 Å². The van der Waals surface area contributed by atoms with Crippen molar-refractivity contribution in [2.45, 2.75) is 26.2 Å². The summed E-state index contributed by atoms with van der Waals surface area (Å²) in [6.45, 7) is 6.18. The highest BCUT2D eigenvalue weighted by Gasteiger charge is 2.09. The maximum absolute atomic E-state index is 12.4. The number of pyridine rings is 1. The zero-order valence-electron chi connectivity index (χ0n) is 15.5. The molecule has 5 nitrogen and oxygen atoms in total. The Labute approximate surface area is 150 Å². The van der Waals surface area contributed by atoms with Crippen LogP contribution in [0.1, 0.15) is 42.2 Å². The van der Waals surface area contributed by atoms with Gasteiger partial charge in [-0.25, -0.2) is 0 Å². The lowest BCUT2D eigenvalue weighted by Crippen LogP contribution is -2.17. The van der Waals surface area contributed by atoms with Crippen molar-refractivity contribution in [2.75, 3.05) is 37.8 Å². The second-order valence-corrected chi connectivity index (χ2v) is 6.74. The van der Waals surface area contributed by atoms with Crippen LogP contribution < -0.4 is 10.6 Å². The van der Waals surface area contributed by atoms with Crippen LogP contribution >= 0.6 is 0 Å². The van der Waals surface area contributed by atoms with Gasteiger partial charge in [-0.15, -0.1) is 0 Å². The van der Waals surface area contributed by atoms with Crippen molar-refractivity contribution in [1.29, 1.82) is 0 Å². The summed E-state index contributed by atoms with van der Waals surface area (Å²) >= 11 is 0. The van der Waals surface area contributed by atoms with Gasteiger partial charge in [-0.2, -0.15) is 0 Å². The van der Waals surface area contributed by atoms with Crippen LogP contribution in [0.2, 0.25) is 0 Å². The maximum Gasteiger partial charge on any atom is 0.274 e. The Kier molecular flexibility index (Phi) is 6.95. The Hall–Kier alpha value is -2.40. The SMILES string of the molecule is CC(C)c1ccc(NC(=O)c2cc(NCCCN(C)C)ccn2)cc1. The average molecular weight is 340 g/mol. The number of amides is 1. The number of hydrogen-bond acceptors (Lipinski definition) is 4. The van der Waals surface area contributed by atoms with Gasteiger partial charge in [-0.05, 0) is 62.8 Å². The van der Waals surface area contributed by atoms with Gasteiger partial charge >= 0.3 is 0 Å². The first-order valence-corrected chi connectivity index (χ1v) is 8.71. The van der Waals surface area contributed by atoms with Gasteiger partial charge < -0.3 is 15.5 Å². The van der Waals surface area contributed by atoms with E-state index in [-0.39, 0.29) is 5.91 Å². The predicted octanol–water partition coefficient (Wildman–Crippen LogP) is 3.82. The van der Waals surface area contributed by atoms with Gasteiger partial charge in [0.15, 0.2) is 0 Å². The van der Waals surface area contributed by atoms with Crippen LogP contribution in [0.3, 0.4) is 0 Å². The number of benzene rings is 1. The topological polar surface area (TPSA) is 57.3 Å². The van der Waals surface area contributed by atoms with Crippen LogP contribution in [0.25, 0.3) is 0 Å². The molecule has 1 aromatic heterocycles. The first kappa shape index (κ1) is 18.9. The molecule has 0 saturated carbocycles. The fourth-order valence-electron chi connectivity index (χ4n) is 2.44. The zero-order valence-corrected chi connectivity index (χ0v) is 15.5. The molecule has 0 bridgehead atoms. The fraction of sp³-hybridized carbons (Fsp3) is 0.400. The fourth-order valence-corrected chi connectivity index (χ4v) is 2.44. The van der Waals surface area contributed by atoms with Gasteiger partial charge in [0.2, 0.25) is 0 Å². The van der Waals surface area contributed by atoms with Gasteiger partial charge in [0, 0.05) is 24.1 Å². The summed E-state index contributed by atoms with van der Waals surface area (Å²) in [6, 6.07) is 11.6. The lowest BCUT2D eigenvalue weighted by Gasteiger charge is -2.11. The third kappa shape index (κ3) is 6.19. The van der Waals surface area contributed by atoms with E-state index in [2.05, 4.69) is 48.5 Å². The second-order valence-electron chi connectivity index (χ2n) is 6.74. The molecule has 0 unspecified atom stereocenters.